The second-order valence-corrected chi connectivity index (χ2v) is 3.20. The maximum atomic E-state index is 4.82. The van der Waals surface area contributed by atoms with E-state index >= 15 is 0 Å². The van der Waals surface area contributed by atoms with Crippen molar-refractivity contribution in [3.8, 4) is 0 Å². The summed E-state index contributed by atoms with van der Waals surface area (Å²) in [7, 11) is 1.67. The summed E-state index contributed by atoms with van der Waals surface area (Å²) in [6.45, 7) is 4.44. The molecule has 2 heteroatoms. The largest absolute Gasteiger partial charge is 0.305 e. The Balaban J connectivity index is 2.24. The molecule has 1 aliphatic carbocycles. The van der Waals surface area contributed by atoms with Gasteiger partial charge in [-0.15, -0.1) is 0 Å². The average Bonchev–Trinajstić information content (AvgIpc) is 2.50. The van der Waals surface area contributed by atoms with E-state index in [4.69, 9.17) is 4.84 Å². The highest BCUT2D eigenvalue weighted by molar-refractivity contribution is 4.95. The van der Waals surface area contributed by atoms with Gasteiger partial charge in [0.05, 0.1) is 7.11 Å². The first kappa shape index (κ1) is 7.03. The summed E-state index contributed by atoms with van der Waals surface area (Å²) in [6.07, 6.45) is 2.68. The SMILES string of the molecule is CONC(C)C1(C)CC1. The minimum atomic E-state index is 0.502. The van der Waals surface area contributed by atoms with Crippen LogP contribution in [0.5, 0.6) is 0 Å². The monoisotopic (exact) mass is 129 g/mol. The minimum absolute atomic E-state index is 0.502. The van der Waals surface area contributed by atoms with Crippen LogP contribution in [0.1, 0.15) is 26.7 Å². The lowest BCUT2D eigenvalue weighted by molar-refractivity contribution is 0.0454. The summed E-state index contributed by atoms with van der Waals surface area (Å²) in [5.74, 6) is 0. The van der Waals surface area contributed by atoms with E-state index in [1.165, 1.54) is 12.8 Å². The van der Waals surface area contributed by atoms with Gasteiger partial charge in [0.1, 0.15) is 0 Å². The normalized spacial score (nSPS) is 25.7. The Morgan fingerprint density at radius 2 is 2.11 bits per heavy atom. The second-order valence-electron chi connectivity index (χ2n) is 3.20. The van der Waals surface area contributed by atoms with Gasteiger partial charge in [0.2, 0.25) is 0 Å². The van der Waals surface area contributed by atoms with Crippen LogP contribution in [0, 0.1) is 5.41 Å². The molecule has 0 heterocycles. The number of nitrogens with one attached hydrogen (secondary N) is 1. The fourth-order valence-electron chi connectivity index (χ4n) is 0.949. The van der Waals surface area contributed by atoms with E-state index in [0.29, 0.717) is 11.5 Å². The highest BCUT2D eigenvalue weighted by Gasteiger charge is 2.42. The number of hydrogen-bond acceptors (Lipinski definition) is 2. The van der Waals surface area contributed by atoms with Gasteiger partial charge in [-0.3, -0.25) is 0 Å². The molecular formula is C7H15NO. The summed E-state index contributed by atoms with van der Waals surface area (Å²) >= 11 is 0. The molecule has 1 atom stereocenters. The molecule has 0 bridgehead atoms. The molecule has 0 aromatic rings. The zero-order chi connectivity index (χ0) is 6.91. The molecule has 0 aliphatic heterocycles. The second kappa shape index (κ2) is 2.27. The van der Waals surface area contributed by atoms with Crippen LogP contribution < -0.4 is 5.48 Å². The Kier molecular flexibility index (Phi) is 1.78. The Morgan fingerprint density at radius 3 is 2.44 bits per heavy atom. The first-order valence-corrected chi connectivity index (χ1v) is 3.47. The molecule has 1 rings (SSSR count). The van der Waals surface area contributed by atoms with E-state index < -0.39 is 0 Å². The molecule has 54 valence electrons. The van der Waals surface area contributed by atoms with Crippen molar-refractivity contribution in [3.05, 3.63) is 0 Å². The molecule has 0 aromatic heterocycles. The summed E-state index contributed by atoms with van der Waals surface area (Å²) in [4.78, 5) is 4.82. The molecule has 9 heavy (non-hydrogen) atoms. The third kappa shape index (κ3) is 1.43. The van der Waals surface area contributed by atoms with Gasteiger partial charge in [0, 0.05) is 6.04 Å². The summed E-state index contributed by atoms with van der Waals surface area (Å²) in [5, 5.41) is 0. The quantitative estimate of drug-likeness (QED) is 0.580. The van der Waals surface area contributed by atoms with E-state index in [1.54, 1.807) is 7.11 Å². The zero-order valence-electron chi connectivity index (χ0n) is 6.40. The van der Waals surface area contributed by atoms with Gasteiger partial charge in [-0.05, 0) is 25.2 Å². The van der Waals surface area contributed by atoms with Crippen LogP contribution in [0.25, 0.3) is 0 Å². The number of rotatable bonds is 3. The van der Waals surface area contributed by atoms with Crippen LogP contribution >= 0.6 is 0 Å². The lowest BCUT2D eigenvalue weighted by Gasteiger charge is -2.17. The number of hydroxylamine groups is 1. The predicted octanol–water partition coefficient (Wildman–Crippen LogP) is 1.33. The lowest BCUT2D eigenvalue weighted by Crippen LogP contribution is -2.32. The number of hydrogen-bond donors (Lipinski definition) is 1. The Labute approximate surface area is 56.5 Å². The van der Waals surface area contributed by atoms with Gasteiger partial charge in [0.15, 0.2) is 0 Å². The fourth-order valence-corrected chi connectivity index (χ4v) is 0.949. The summed E-state index contributed by atoms with van der Waals surface area (Å²) < 4.78 is 0. The molecule has 1 unspecified atom stereocenters. The van der Waals surface area contributed by atoms with Gasteiger partial charge >= 0.3 is 0 Å². The Bertz CT molecular complexity index is 99.1. The molecule has 2 nitrogen and oxygen atoms in total. The molecule has 0 spiro atoms. The molecule has 1 saturated carbocycles. The van der Waals surface area contributed by atoms with Gasteiger partial charge in [-0.1, -0.05) is 6.92 Å². The van der Waals surface area contributed by atoms with Crippen molar-refractivity contribution in [1.29, 1.82) is 0 Å². The summed E-state index contributed by atoms with van der Waals surface area (Å²) in [5.41, 5.74) is 3.47. The van der Waals surface area contributed by atoms with Crippen molar-refractivity contribution in [1.82, 2.24) is 5.48 Å². The predicted molar refractivity (Wildman–Crippen MR) is 36.9 cm³/mol. The first-order valence-electron chi connectivity index (χ1n) is 3.47. The van der Waals surface area contributed by atoms with Gasteiger partial charge in [-0.2, -0.15) is 5.48 Å². The Hall–Kier alpha value is -0.0800. The van der Waals surface area contributed by atoms with Crippen LogP contribution in [0.2, 0.25) is 0 Å². The van der Waals surface area contributed by atoms with Gasteiger partial charge in [-0.25, -0.2) is 0 Å². The highest BCUT2D eigenvalue weighted by Crippen LogP contribution is 2.47. The molecule has 0 radical (unpaired) electrons. The van der Waals surface area contributed by atoms with E-state index in [2.05, 4.69) is 19.3 Å². The van der Waals surface area contributed by atoms with Gasteiger partial charge < -0.3 is 4.84 Å². The highest BCUT2D eigenvalue weighted by atomic mass is 16.6. The van der Waals surface area contributed by atoms with Crippen LogP contribution in [0.4, 0.5) is 0 Å². The first-order chi connectivity index (χ1) is 4.19. The zero-order valence-corrected chi connectivity index (χ0v) is 6.40. The summed E-state index contributed by atoms with van der Waals surface area (Å²) in [6, 6.07) is 0.502. The average molecular weight is 129 g/mol. The van der Waals surface area contributed by atoms with Crippen molar-refractivity contribution in [2.75, 3.05) is 7.11 Å². The van der Waals surface area contributed by atoms with Crippen LogP contribution in [0.15, 0.2) is 0 Å². The van der Waals surface area contributed by atoms with Gasteiger partial charge in [0.25, 0.3) is 0 Å². The maximum Gasteiger partial charge on any atom is 0.0572 e. The molecule has 0 amide bonds. The van der Waals surface area contributed by atoms with Crippen LogP contribution in [0.3, 0.4) is 0 Å². The van der Waals surface area contributed by atoms with Crippen LogP contribution in [-0.4, -0.2) is 13.2 Å². The standard InChI is InChI=1S/C7H15NO/c1-6(8-9-3)7(2)4-5-7/h6,8H,4-5H2,1-3H3. The van der Waals surface area contributed by atoms with Crippen molar-refractivity contribution in [2.24, 2.45) is 5.41 Å². The van der Waals surface area contributed by atoms with Crippen LogP contribution in [-0.2, 0) is 4.84 Å². The molecule has 0 aromatic carbocycles. The van der Waals surface area contributed by atoms with Crippen molar-refractivity contribution in [2.45, 2.75) is 32.7 Å². The Morgan fingerprint density at radius 1 is 1.56 bits per heavy atom. The topological polar surface area (TPSA) is 21.3 Å². The maximum absolute atomic E-state index is 4.82. The molecule has 1 N–H and O–H groups in total. The van der Waals surface area contributed by atoms with Crippen molar-refractivity contribution >= 4 is 0 Å². The van der Waals surface area contributed by atoms with E-state index in [9.17, 15) is 0 Å². The van der Waals surface area contributed by atoms with Crippen molar-refractivity contribution in [3.63, 3.8) is 0 Å². The molecular weight excluding hydrogens is 114 g/mol. The molecule has 1 fully saturated rings. The molecule has 1 aliphatic rings. The van der Waals surface area contributed by atoms with E-state index in [-0.39, 0.29) is 0 Å². The lowest BCUT2D eigenvalue weighted by atomic mass is 10.0. The third-order valence-corrected chi connectivity index (χ3v) is 2.38. The van der Waals surface area contributed by atoms with E-state index in [1.807, 2.05) is 0 Å². The van der Waals surface area contributed by atoms with E-state index in [0.717, 1.165) is 0 Å². The third-order valence-electron chi connectivity index (χ3n) is 2.38. The fraction of sp³-hybridized carbons (Fsp3) is 1.00. The van der Waals surface area contributed by atoms with Crippen molar-refractivity contribution < 1.29 is 4.84 Å². The molecule has 0 saturated heterocycles. The minimum Gasteiger partial charge on any atom is -0.305 e. The smallest absolute Gasteiger partial charge is 0.0572 e.